The van der Waals surface area contributed by atoms with E-state index in [1.807, 2.05) is 0 Å². The van der Waals surface area contributed by atoms with Crippen LogP contribution in [0.4, 0.5) is 4.39 Å². The summed E-state index contributed by atoms with van der Waals surface area (Å²) in [7, 11) is 1.59. The van der Waals surface area contributed by atoms with Crippen molar-refractivity contribution in [2.45, 2.75) is 13.0 Å². The fraction of sp³-hybridized carbons (Fsp3) is 0.235. The molecular weight excluding hydrogens is 321 g/mol. The van der Waals surface area contributed by atoms with Gasteiger partial charge in [-0.3, -0.25) is 4.79 Å². The highest BCUT2D eigenvalue weighted by molar-refractivity contribution is 6.30. The number of carbonyl (C=O) groups excluding carboxylic acids is 1. The van der Waals surface area contributed by atoms with Crippen LogP contribution in [-0.2, 0) is 0 Å². The number of carbonyl (C=O) groups is 1. The molecule has 1 atom stereocenters. The Labute approximate surface area is 139 Å². The average Bonchev–Trinajstić information content (AvgIpc) is 2.53. The molecule has 2 aromatic carbocycles. The third kappa shape index (κ3) is 4.86. The van der Waals surface area contributed by atoms with Gasteiger partial charge in [-0.2, -0.15) is 0 Å². The third-order valence-electron chi connectivity index (χ3n) is 3.11. The highest BCUT2D eigenvalue weighted by atomic mass is 35.5. The summed E-state index contributed by atoms with van der Waals surface area (Å²) in [4.78, 5) is 12.0. The number of amides is 1. The smallest absolute Gasteiger partial charge is 0.254 e. The van der Waals surface area contributed by atoms with Crippen molar-refractivity contribution in [2.24, 2.45) is 0 Å². The van der Waals surface area contributed by atoms with Gasteiger partial charge in [0.1, 0.15) is 23.9 Å². The number of benzene rings is 2. The predicted molar refractivity (Wildman–Crippen MR) is 86.8 cm³/mol. The molecule has 4 nitrogen and oxygen atoms in total. The Morgan fingerprint density at radius 3 is 2.48 bits per heavy atom. The van der Waals surface area contributed by atoms with E-state index >= 15 is 0 Å². The molecular formula is C17H17ClFNO3. The zero-order valence-electron chi connectivity index (χ0n) is 12.8. The van der Waals surface area contributed by atoms with Gasteiger partial charge in [-0.05, 0) is 49.4 Å². The first-order valence-electron chi connectivity index (χ1n) is 7.02. The Morgan fingerprint density at radius 2 is 1.87 bits per heavy atom. The van der Waals surface area contributed by atoms with Crippen LogP contribution in [0, 0.1) is 5.82 Å². The minimum absolute atomic E-state index is 0.0503. The fourth-order valence-electron chi connectivity index (χ4n) is 1.91. The molecule has 1 N–H and O–H groups in total. The van der Waals surface area contributed by atoms with Gasteiger partial charge in [0.05, 0.1) is 18.7 Å². The monoisotopic (exact) mass is 337 g/mol. The van der Waals surface area contributed by atoms with E-state index in [1.165, 1.54) is 12.1 Å². The van der Waals surface area contributed by atoms with Crippen LogP contribution in [0.15, 0.2) is 42.5 Å². The lowest BCUT2D eigenvalue weighted by Crippen LogP contribution is -2.37. The van der Waals surface area contributed by atoms with Crippen LogP contribution in [0.3, 0.4) is 0 Å². The molecule has 0 bridgehead atoms. The van der Waals surface area contributed by atoms with E-state index in [4.69, 9.17) is 21.1 Å². The lowest BCUT2D eigenvalue weighted by molar-refractivity contribution is 0.0922. The maximum absolute atomic E-state index is 13.7. The Morgan fingerprint density at radius 1 is 1.22 bits per heavy atom. The lowest BCUT2D eigenvalue weighted by atomic mass is 10.2. The summed E-state index contributed by atoms with van der Waals surface area (Å²) in [6, 6.07) is 10.7. The second-order valence-corrected chi connectivity index (χ2v) is 5.42. The molecule has 0 radical (unpaired) electrons. The van der Waals surface area contributed by atoms with Gasteiger partial charge in [0.2, 0.25) is 0 Å². The van der Waals surface area contributed by atoms with E-state index in [2.05, 4.69) is 5.32 Å². The molecule has 0 fully saturated rings. The van der Waals surface area contributed by atoms with Gasteiger partial charge in [0, 0.05) is 5.02 Å². The van der Waals surface area contributed by atoms with Crippen molar-refractivity contribution in [1.29, 1.82) is 0 Å². The van der Waals surface area contributed by atoms with Crippen LogP contribution in [0.25, 0.3) is 0 Å². The predicted octanol–water partition coefficient (Wildman–Crippen LogP) is 3.69. The second kappa shape index (κ2) is 7.83. The van der Waals surface area contributed by atoms with Gasteiger partial charge in [-0.25, -0.2) is 4.39 Å². The van der Waals surface area contributed by atoms with E-state index in [0.717, 1.165) is 11.8 Å². The van der Waals surface area contributed by atoms with Gasteiger partial charge >= 0.3 is 0 Å². The molecule has 0 heterocycles. The molecule has 122 valence electrons. The van der Waals surface area contributed by atoms with Crippen molar-refractivity contribution in [3.05, 3.63) is 58.9 Å². The number of hydrogen-bond acceptors (Lipinski definition) is 3. The van der Waals surface area contributed by atoms with Crippen LogP contribution in [-0.4, -0.2) is 25.7 Å². The Balaban J connectivity index is 1.88. The number of hydrogen-bond donors (Lipinski definition) is 1. The summed E-state index contributed by atoms with van der Waals surface area (Å²) < 4.78 is 24.3. The molecule has 0 aliphatic rings. The van der Waals surface area contributed by atoms with Gasteiger partial charge in [0.25, 0.3) is 5.91 Å². The molecule has 0 saturated heterocycles. The normalized spacial score (nSPS) is 11.7. The van der Waals surface area contributed by atoms with E-state index in [-0.39, 0.29) is 23.2 Å². The van der Waals surface area contributed by atoms with Crippen LogP contribution < -0.4 is 14.8 Å². The minimum Gasteiger partial charge on any atom is -0.497 e. The lowest BCUT2D eigenvalue weighted by Gasteiger charge is -2.15. The van der Waals surface area contributed by atoms with Gasteiger partial charge < -0.3 is 14.8 Å². The number of methoxy groups -OCH3 is 1. The van der Waals surface area contributed by atoms with Crippen LogP contribution >= 0.6 is 11.6 Å². The molecule has 0 aromatic heterocycles. The van der Waals surface area contributed by atoms with E-state index in [1.54, 1.807) is 38.3 Å². The standard InChI is InChI=1S/C17H17ClFNO3/c1-11(10-23-14-6-4-13(22-2)5-7-14)20-17(21)15-8-3-12(18)9-16(15)19/h3-9,11H,10H2,1-2H3,(H,20,21)/t11-/m1/s1. The van der Waals surface area contributed by atoms with E-state index < -0.39 is 11.7 Å². The van der Waals surface area contributed by atoms with Crippen LogP contribution in [0.1, 0.15) is 17.3 Å². The molecule has 0 saturated carbocycles. The quantitative estimate of drug-likeness (QED) is 0.874. The molecule has 2 rings (SSSR count). The molecule has 2 aromatic rings. The van der Waals surface area contributed by atoms with Crippen molar-refractivity contribution >= 4 is 17.5 Å². The molecule has 6 heteroatoms. The third-order valence-corrected chi connectivity index (χ3v) is 3.35. The zero-order valence-corrected chi connectivity index (χ0v) is 13.6. The number of nitrogens with one attached hydrogen (secondary N) is 1. The Kier molecular flexibility index (Phi) is 5.82. The molecule has 0 unspecified atom stereocenters. The summed E-state index contributed by atoms with van der Waals surface area (Å²) >= 11 is 5.67. The van der Waals surface area contributed by atoms with Crippen LogP contribution in [0.5, 0.6) is 11.5 Å². The highest BCUT2D eigenvalue weighted by Gasteiger charge is 2.14. The molecule has 1 amide bonds. The summed E-state index contributed by atoms with van der Waals surface area (Å²) in [5, 5.41) is 2.92. The first-order valence-corrected chi connectivity index (χ1v) is 7.40. The summed E-state index contributed by atoms with van der Waals surface area (Å²) in [6.45, 7) is 2.03. The first kappa shape index (κ1) is 17.1. The SMILES string of the molecule is COc1ccc(OC[C@@H](C)NC(=O)c2ccc(Cl)cc2F)cc1. The second-order valence-electron chi connectivity index (χ2n) is 4.99. The molecule has 0 aliphatic heterocycles. The number of halogens is 2. The van der Waals surface area contributed by atoms with Crippen molar-refractivity contribution in [2.75, 3.05) is 13.7 Å². The van der Waals surface area contributed by atoms with Crippen LogP contribution in [0.2, 0.25) is 5.02 Å². The molecule has 0 spiro atoms. The van der Waals surface area contributed by atoms with Crippen molar-refractivity contribution in [3.8, 4) is 11.5 Å². The highest BCUT2D eigenvalue weighted by Crippen LogP contribution is 2.17. The maximum Gasteiger partial charge on any atom is 0.254 e. The van der Waals surface area contributed by atoms with Crippen molar-refractivity contribution < 1.29 is 18.7 Å². The fourth-order valence-corrected chi connectivity index (χ4v) is 2.07. The summed E-state index contributed by atoms with van der Waals surface area (Å²) in [6.07, 6.45) is 0. The Bertz CT molecular complexity index is 676. The van der Waals surface area contributed by atoms with Crippen molar-refractivity contribution in [1.82, 2.24) is 5.32 Å². The zero-order chi connectivity index (χ0) is 16.8. The molecule has 0 aliphatic carbocycles. The van der Waals surface area contributed by atoms with E-state index in [0.29, 0.717) is 5.75 Å². The number of ether oxygens (including phenoxy) is 2. The topological polar surface area (TPSA) is 47.6 Å². The largest absolute Gasteiger partial charge is 0.497 e. The van der Waals surface area contributed by atoms with Crippen molar-refractivity contribution in [3.63, 3.8) is 0 Å². The minimum atomic E-state index is -0.654. The van der Waals surface area contributed by atoms with Gasteiger partial charge in [-0.1, -0.05) is 11.6 Å². The Hall–Kier alpha value is -2.27. The summed E-state index contributed by atoms with van der Waals surface area (Å²) in [5.74, 6) is 0.227. The first-order chi connectivity index (χ1) is 11.0. The number of rotatable bonds is 6. The molecule has 23 heavy (non-hydrogen) atoms. The summed E-state index contributed by atoms with van der Waals surface area (Å²) in [5.41, 5.74) is -0.0503. The maximum atomic E-state index is 13.7. The van der Waals surface area contributed by atoms with Gasteiger partial charge in [0.15, 0.2) is 0 Å². The van der Waals surface area contributed by atoms with E-state index in [9.17, 15) is 9.18 Å². The average molecular weight is 338 g/mol. The van der Waals surface area contributed by atoms with Gasteiger partial charge in [-0.15, -0.1) is 0 Å².